The van der Waals surface area contributed by atoms with Crippen molar-refractivity contribution in [1.82, 2.24) is 9.55 Å². The van der Waals surface area contributed by atoms with E-state index in [1.807, 2.05) is 44.2 Å². The number of benzene rings is 2. The Labute approximate surface area is 206 Å². The summed E-state index contributed by atoms with van der Waals surface area (Å²) in [6.45, 7) is 7.57. The van der Waals surface area contributed by atoms with Gasteiger partial charge in [-0.3, -0.25) is 19.0 Å². The van der Waals surface area contributed by atoms with E-state index in [-0.39, 0.29) is 17.2 Å². The van der Waals surface area contributed by atoms with Gasteiger partial charge in [0.15, 0.2) is 10.9 Å². The number of amides is 1. The van der Waals surface area contributed by atoms with Crippen LogP contribution < -0.4 is 10.9 Å². The van der Waals surface area contributed by atoms with Crippen molar-refractivity contribution in [3.8, 4) is 0 Å². The van der Waals surface area contributed by atoms with Crippen molar-refractivity contribution in [1.29, 1.82) is 0 Å². The second kappa shape index (κ2) is 9.95. The van der Waals surface area contributed by atoms with Gasteiger partial charge in [-0.1, -0.05) is 54.2 Å². The SMILES string of the molecule is CC(=O)c1cccc(NC(=O)C(C)Sc2nc3sc(C)c(C)c3c(=O)n2Cc2ccccc2)c1. The predicted molar refractivity (Wildman–Crippen MR) is 139 cm³/mol. The quantitative estimate of drug-likeness (QED) is 0.211. The van der Waals surface area contributed by atoms with Crippen LogP contribution in [-0.2, 0) is 11.3 Å². The summed E-state index contributed by atoms with van der Waals surface area (Å²) in [5.74, 6) is -0.299. The number of carbonyl (C=O) groups excluding carboxylic acids is 2. The van der Waals surface area contributed by atoms with E-state index in [1.165, 1.54) is 30.0 Å². The van der Waals surface area contributed by atoms with Crippen LogP contribution in [0.3, 0.4) is 0 Å². The fraction of sp³-hybridized carbons (Fsp3) is 0.231. The summed E-state index contributed by atoms with van der Waals surface area (Å²) in [7, 11) is 0. The molecule has 2 heterocycles. The van der Waals surface area contributed by atoms with Gasteiger partial charge in [0.05, 0.1) is 17.2 Å². The number of Topliss-reactive ketones (excluding diaryl/α,β-unsaturated/α-hetero) is 1. The van der Waals surface area contributed by atoms with Crippen LogP contribution in [0.4, 0.5) is 5.69 Å². The van der Waals surface area contributed by atoms with Gasteiger partial charge in [0, 0.05) is 16.1 Å². The molecule has 1 unspecified atom stereocenters. The Kier molecular flexibility index (Phi) is 7.00. The van der Waals surface area contributed by atoms with Gasteiger partial charge in [0.2, 0.25) is 5.91 Å². The number of aryl methyl sites for hydroxylation is 2. The molecule has 6 nitrogen and oxygen atoms in total. The standard InChI is InChI=1S/C26H25N3O3S2/c1-15-17(3)33-24-22(15)25(32)29(14-19-9-6-5-7-10-19)26(28-24)34-18(4)23(31)27-21-12-8-11-20(13-21)16(2)30/h5-13,18H,14H2,1-4H3,(H,27,31). The van der Waals surface area contributed by atoms with E-state index < -0.39 is 5.25 Å². The number of nitrogens with one attached hydrogen (secondary N) is 1. The molecule has 2 aromatic carbocycles. The molecule has 4 rings (SSSR count). The zero-order valence-electron chi connectivity index (χ0n) is 19.4. The maximum atomic E-state index is 13.5. The third-order valence-electron chi connectivity index (χ3n) is 5.63. The van der Waals surface area contributed by atoms with Gasteiger partial charge < -0.3 is 5.32 Å². The lowest BCUT2D eigenvalue weighted by Gasteiger charge is -2.16. The highest BCUT2D eigenvalue weighted by Gasteiger charge is 2.22. The maximum Gasteiger partial charge on any atom is 0.263 e. The molecule has 2 aromatic heterocycles. The minimum absolute atomic E-state index is 0.0671. The zero-order valence-corrected chi connectivity index (χ0v) is 21.0. The molecule has 0 radical (unpaired) electrons. The summed E-state index contributed by atoms with van der Waals surface area (Å²) in [5.41, 5.74) is 2.92. The Bertz CT molecular complexity index is 1440. The average Bonchev–Trinajstić information content (AvgIpc) is 3.10. The van der Waals surface area contributed by atoms with Crippen molar-refractivity contribution >= 4 is 50.7 Å². The van der Waals surface area contributed by atoms with Crippen molar-refractivity contribution < 1.29 is 9.59 Å². The van der Waals surface area contributed by atoms with Gasteiger partial charge in [0.1, 0.15) is 4.83 Å². The van der Waals surface area contributed by atoms with Gasteiger partial charge in [-0.15, -0.1) is 11.3 Å². The molecular weight excluding hydrogens is 466 g/mol. The highest BCUT2D eigenvalue weighted by atomic mass is 32.2. The summed E-state index contributed by atoms with van der Waals surface area (Å²) in [6, 6.07) is 16.6. The number of nitrogens with zero attached hydrogens (tertiary/aromatic N) is 2. The summed E-state index contributed by atoms with van der Waals surface area (Å²) in [4.78, 5) is 44.7. The normalized spacial score (nSPS) is 12.0. The van der Waals surface area contributed by atoms with Crippen molar-refractivity contribution in [2.75, 3.05) is 5.32 Å². The largest absolute Gasteiger partial charge is 0.325 e. The first-order chi connectivity index (χ1) is 16.2. The third-order valence-corrected chi connectivity index (χ3v) is 7.82. The number of hydrogen-bond donors (Lipinski definition) is 1. The summed E-state index contributed by atoms with van der Waals surface area (Å²) < 4.78 is 1.65. The highest BCUT2D eigenvalue weighted by Crippen LogP contribution is 2.30. The first-order valence-electron chi connectivity index (χ1n) is 10.9. The predicted octanol–water partition coefficient (Wildman–Crippen LogP) is 5.45. The van der Waals surface area contributed by atoms with Crippen molar-refractivity contribution in [3.63, 3.8) is 0 Å². The van der Waals surface area contributed by atoms with Crippen LogP contribution in [0, 0.1) is 13.8 Å². The molecular formula is C26H25N3O3S2. The van der Waals surface area contributed by atoms with E-state index in [1.54, 1.807) is 35.8 Å². The number of fused-ring (bicyclic) bond motifs is 1. The number of carbonyl (C=O) groups is 2. The molecule has 0 aliphatic carbocycles. The maximum absolute atomic E-state index is 13.5. The lowest BCUT2D eigenvalue weighted by molar-refractivity contribution is -0.115. The number of anilines is 1. The van der Waals surface area contributed by atoms with E-state index in [2.05, 4.69) is 5.32 Å². The van der Waals surface area contributed by atoms with Crippen molar-refractivity contribution in [2.45, 2.75) is 44.6 Å². The first kappa shape index (κ1) is 23.9. The highest BCUT2D eigenvalue weighted by molar-refractivity contribution is 8.00. The minimum Gasteiger partial charge on any atom is -0.325 e. The van der Waals surface area contributed by atoms with E-state index >= 15 is 0 Å². The molecule has 4 aromatic rings. The van der Waals surface area contributed by atoms with Gasteiger partial charge >= 0.3 is 0 Å². The summed E-state index contributed by atoms with van der Waals surface area (Å²) >= 11 is 2.75. The minimum atomic E-state index is -0.519. The van der Waals surface area contributed by atoms with Crippen molar-refractivity contribution in [3.05, 3.63) is 86.5 Å². The van der Waals surface area contributed by atoms with Crippen LogP contribution in [0.5, 0.6) is 0 Å². The van der Waals surface area contributed by atoms with Gasteiger partial charge in [0.25, 0.3) is 5.56 Å². The fourth-order valence-corrected chi connectivity index (χ4v) is 5.55. The molecule has 0 saturated heterocycles. The number of ketones is 1. The van der Waals surface area contributed by atoms with Crippen LogP contribution in [-0.4, -0.2) is 26.5 Å². The first-order valence-corrected chi connectivity index (χ1v) is 12.6. The number of thiophene rings is 1. The Hall–Kier alpha value is -3.23. The number of hydrogen-bond acceptors (Lipinski definition) is 6. The van der Waals surface area contributed by atoms with Crippen LogP contribution in [0.25, 0.3) is 10.2 Å². The van der Waals surface area contributed by atoms with E-state index in [4.69, 9.17) is 4.98 Å². The summed E-state index contributed by atoms with van der Waals surface area (Å²) in [5, 5.41) is 3.49. The molecule has 0 saturated carbocycles. The fourth-order valence-electron chi connectivity index (χ4n) is 3.58. The van der Waals surface area contributed by atoms with E-state index in [9.17, 15) is 14.4 Å². The molecule has 1 atom stereocenters. The summed E-state index contributed by atoms with van der Waals surface area (Å²) in [6.07, 6.45) is 0. The van der Waals surface area contributed by atoms with E-state index in [0.717, 1.165) is 16.0 Å². The van der Waals surface area contributed by atoms with Crippen molar-refractivity contribution in [2.24, 2.45) is 0 Å². The molecule has 0 fully saturated rings. The van der Waals surface area contributed by atoms with Gasteiger partial charge in [-0.05, 0) is 51.0 Å². The van der Waals surface area contributed by atoms with Crippen LogP contribution in [0.15, 0.2) is 64.5 Å². The second-order valence-corrected chi connectivity index (χ2v) is 10.6. The average molecular weight is 492 g/mol. The lowest BCUT2D eigenvalue weighted by Crippen LogP contribution is -2.27. The molecule has 0 bridgehead atoms. The Balaban J connectivity index is 1.66. The van der Waals surface area contributed by atoms with Gasteiger partial charge in [-0.25, -0.2) is 4.98 Å². The molecule has 1 N–H and O–H groups in total. The molecule has 0 spiro atoms. The molecule has 0 aliphatic heterocycles. The smallest absolute Gasteiger partial charge is 0.263 e. The molecule has 0 aliphatic rings. The second-order valence-electron chi connectivity index (χ2n) is 8.12. The molecule has 174 valence electrons. The monoisotopic (exact) mass is 491 g/mol. The molecule has 8 heteroatoms. The lowest BCUT2D eigenvalue weighted by atomic mass is 10.1. The number of rotatable bonds is 7. The van der Waals surface area contributed by atoms with Gasteiger partial charge in [-0.2, -0.15) is 0 Å². The van der Waals surface area contributed by atoms with Crippen LogP contribution in [0.2, 0.25) is 0 Å². The number of aromatic nitrogens is 2. The van der Waals surface area contributed by atoms with E-state index in [0.29, 0.717) is 33.2 Å². The topological polar surface area (TPSA) is 81.1 Å². The molecule has 34 heavy (non-hydrogen) atoms. The number of thioether (sulfide) groups is 1. The Morgan fingerprint density at radius 3 is 2.56 bits per heavy atom. The Morgan fingerprint density at radius 2 is 1.85 bits per heavy atom. The third kappa shape index (κ3) is 4.98. The van der Waals surface area contributed by atoms with Crippen LogP contribution in [0.1, 0.15) is 40.2 Å². The molecule has 1 amide bonds. The van der Waals surface area contributed by atoms with Crippen LogP contribution >= 0.6 is 23.1 Å². The Morgan fingerprint density at radius 1 is 1.12 bits per heavy atom. The zero-order chi connectivity index (χ0) is 24.4.